The Kier molecular flexibility index (Phi) is 6.12. The molecule has 1 aliphatic heterocycles. The fourth-order valence-corrected chi connectivity index (χ4v) is 4.85. The second-order valence-electron chi connectivity index (χ2n) is 8.49. The number of ether oxygens (including phenoxy) is 1. The highest BCUT2D eigenvalue weighted by Crippen LogP contribution is 2.37. The highest BCUT2D eigenvalue weighted by Gasteiger charge is 2.31. The van der Waals surface area contributed by atoms with E-state index in [-0.39, 0.29) is 5.56 Å². The van der Waals surface area contributed by atoms with Crippen LogP contribution in [0.3, 0.4) is 0 Å². The molecule has 7 nitrogen and oxygen atoms in total. The predicted molar refractivity (Wildman–Crippen MR) is 135 cm³/mol. The maximum Gasteiger partial charge on any atom is 0.440 e. The number of para-hydroxylation sites is 1. The molecule has 5 rings (SSSR count). The summed E-state index contributed by atoms with van der Waals surface area (Å²) in [5.41, 5.74) is 5.06. The van der Waals surface area contributed by atoms with Gasteiger partial charge in [0, 0.05) is 35.1 Å². The summed E-state index contributed by atoms with van der Waals surface area (Å²) in [6.45, 7) is 2.65. The van der Waals surface area contributed by atoms with E-state index in [0.717, 1.165) is 52.3 Å². The second kappa shape index (κ2) is 9.37. The van der Waals surface area contributed by atoms with Crippen molar-refractivity contribution in [2.45, 2.75) is 26.2 Å². The van der Waals surface area contributed by atoms with Gasteiger partial charge in [0.15, 0.2) is 5.52 Å². The number of anilines is 2. The molecule has 176 valence electrons. The number of aromatic nitrogens is 2. The van der Waals surface area contributed by atoms with Crippen molar-refractivity contribution in [2.24, 2.45) is 0 Å². The monoisotopic (exact) mass is 487 g/mol. The summed E-state index contributed by atoms with van der Waals surface area (Å²) in [6.07, 6.45) is 4.83. The number of amides is 1. The number of aryl methyl sites for hydroxylation is 2. The van der Waals surface area contributed by atoms with Crippen LogP contribution in [-0.4, -0.2) is 40.2 Å². The van der Waals surface area contributed by atoms with Crippen molar-refractivity contribution >= 4 is 51.7 Å². The average molecular weight is 488 g/mol. The van der Waals surface area contributed by atoms with Gasteiger partial charge in [-0.15, -0.1) is 0 Å². The molecule has 0 bridgehead atoms. The number of benzene rings is 3. The first-order valence-electron chi connectivity index (χ1n) is 11.4. The number of aromatic amines is 1. The molecule has 1 N–H and O–H groups in total. The number of carbonyl (C=O) groups excluding carboxylic acids is 2. The zero-order valence-corrected chi connectivity index (χ0v) is 20.2. The van der Waals surface area contributed by atoms with Gasteiger partial charge in [0.1, 0.15) is 17.1 Å². The fraction of sp³-hybridized carbons (Fsp3) is 0.222. The number of nitrogens with one attached hydrogen (secondary N) is 1. The predicted octanol–water partition coefficient (Wildman–Crippen LogP) is 5.83. The third kappa shape index (κ3) is 4.20. The van der Waals surface area contributed by atoms with Crippen molar-refractivity contribution in [3.63, 3.8) is 0 Å². The van der Waals surface area contributed by atoms with Crippen molar-refractivity contribution in [3.05, 3.63) is 76.6 Å². The summed E-state index contributed by atoms with van der Waals surface area (Å²) >= 11 is 6.24. The van der Waals surface area contributed by atoms with Gasteiger partial charge < -0.3 is 14.6 Å². The van der Waals surface area contributed by atoms with Crippen molar-refractivity contribution in [2.75, 3.05) is 18.6 Å². The summed E-state index contributed by atoms with van der Waals surface area (Å²) in [7, 11) is 1.51. The Hall–Kier alpha value is -3.93. The Morgan fingerprint density at radius 1 is 1.17 bits per heavy atom. The maximum atomic E-state index is 13.5. The minimum absolute atomic E-state index is 0.259. The summed E-state index contributed by atoms with van der Waals surface area (Å²) in [6, 6.07) is 16.6. The van der Waals surface area contributed by atoms with E-state index in [2.05, 4.69) is 14.9 Å². The van der Waals surface area contributed by atoms with Gasteiger partial charge >= 0.3 is 12.0 Å². The van der Waals surface area contributed by atoms with Crippen molar-refractivity contribution in [1.29, 1.82) is 0 Å². The summed E-state index contributed by atoms with van der Waals surface area (Å²) in [5.74, 6) is 0.518. The summed E-state index contributed by atoms with van der Waals surface area (Å²) < 4.78 is 6.56. The lowest BCUT2D eigenvalue weighted by Gasteiger charge is -2.26. The molecule has 0 atom stereocenters. The molecule has 2 heterocycles. The minimum Gasteiger partial charge on any atom is -0.496 e. The lowest BCUT2D eigenvalue weighted by Crippen LogP contribution is -2.20. The van der Waals surface area contributed by atoms with Gasteiger partial charge in [-0.25, -0.2) is 9.78 Å². The fourth-order valence-electron chi connectivity index (χ4n) is 4.66. The number of methoxy groups -OCH3 is 1. The van der Waals surface area contributed by atoms with E-state index in [1.807, 2.05) is 43.3 Å². The van der Waals surface area contributed by atoms with Crippen LogP contribution in [0.2, 0.25) is 5.02 Å². The van der Waals surface area contributed by atoms with Gasteiger partial charge in [-0.3, -0.25) is 0 Å². The van der Waals surface area contributed by atoms with E-state index < -0.39 is 5.91 Å². The maximum absolute atomic E-state index is 13.5. The molecular weight excluding hydrogens is 464 g/mol. The number of hydrogen-bond donors (Lipinski definition) is 1. The average Bonchev–Trinajstić information content (AvgIpc) is 3.13. The first-order chi connectivity index (χ1) is 17.0. The number of hydrogen-bond acceptors (Lipinski definition) is 5. The van der Waals surface area contributed by atoms with Crippen molar-refractivity contribution in [3.8, 4) is 5.75 Å². The first kappa shape index (κ1) is 22.8. The third-order valence-corrected chi connectivity index (χ3v) is 6.52. The molecule has 0 fully saturated rings. The van der Waals surface area contributed by atoms with E-state index in [0.29, 0.717) is 22.8 Å². The van der Waals surface area contributed by atoms with Gasteiger partial charge in [0.05, 0.1) is 12.6 Å². The number of halogens is 1. The van der Waals surface area contributed by atoms with Crippen LogP contribution in [0.25, 0.3) is 11.0 Å². The van der Waals surface area contributed by atoms with Crippen molar-refractivity contribution in [1.82, 2.24) is 9.97 Å². The number of nitrogens with zero attached hydrogens (tertiary/aromatic N) is 3. The smallest absolute Gasteiger partial charge is 0.440 e. The Balaban J connectivity index is 1.55. The molecule has 1 amide bonds. The normalized spacial score (nSPS) is 13.2. The van der Waals surface area contributed by atoms with Crippen LogP contribution in [0.1, 0.15) is 34.6 Å². The molecule has 0 saturated heterocycles. The number of H-pyrrole nitrogens is 1. The van der Waals surface area contributed by atoms with Gasteiger partial charge in [-0.2, -0.15) is 4.79 Å². The molecule has 35 heavy (non-hydrogen) atoms. The SMILES string of the molecule is COc1cc(N2CCCCc3cc(Cl)ccc32)ccc1C(=O)[N+](=C=O)c1cccc2[nH]c(C)nc12. The van der Waals surface area contributed by atoms with Gasteiger partial charge in [0.2, 0.25) is 0 Å². The van der Waals surface area contributed by atoms with Gasteiger partial charge in [-0.1, -0.05) is 17.7 Å². The van der Waals surface area contributed by atoms with Crippen LogP contribution < -0.4 is 9.64 Å². The van der Waals surface area contributed by atoms with E-state index in [4.69, 9.17) is 16.3 Å². The molecule has 0 spiro atoms. The highest BCUT2D eigenvalue weighted by atomic mass is 35.5. The Morgan fingerprint density at radius 2 is 2.03 bits per heavy atom. The van der Waals surface area contributed by atoms with Crippen LogP contribution >= 0.6 is 11.6 Å². The highest BCUT2D eigenvalue weighted by molar-refractivity contribution is 6.30. The largest absolute Gasteiger partial charge is 0.496 e. The molecule has 8 heteroatoms. The van der Waals surface area contributed by atoms with Gasteiger partial charge in [0.25, 0.3) is 5.69 Å². The van der Waals surface area contributed by atoms with E-state index in [1.165, 1.54) is 12.7 Å². The molecule has 1 aliphatic rings. The van der Waals surface area contributed by atoms with E-state index in [1.54, 1.807) is 24.3 Å². The molecule has 0 radical (unpaired) electrons. The number of carbonyl (C=O) groups is 1. The Bertz CT molecular complexity index is 1500. The standard InChI is InChI=1S/C27H24ClN4O3/c1-17-29-22-7-5-8-24(26(22)30-17)32(16-33)27(34)21-11-10-20(15-25(21)35-2)31-13-4-3-6-18-14-19(28)9-12-23(18)31/h5,7-12,14-15H,3-4,6,13H2,1-2H3,(H,29,30)/q+1. The zero-order chi connectivity index (χ0) is 24.5. The lowest BCUT2D eigenvalue weighted by atomic mass is 10.1. The van der Waals surface area contributed by atoms with Crippen LogP contribution in [0.4, 0.5) is 17.1 Å². The van der Waals surface area contributed by atoms with Crippen LogP contribution in [0.15, 0.2) is 54.6 Å². The molecule has 1 aromatic heterocycles. The second-order valence-corrected chi connectivity index (χ2v) is 8.93. The molecule has 0 saturated carbocycles. The number of fused-ring (bicyclic) bond motifs is 2. The van der Waals surface area contributed by atoms with Crippen LogP contribution in [-0.2, 0) is 11.2 Å². The molecule has 0 unspecified atom stereocenters. The van der Waals surface area contributed by atoms with Crippen molar-refractivity contribution < 1.29 is 18.9 Å². The van der Waals surface area contributed by atoms with E-state index in [9.17, 15) is 9.59 Å². The minimum atomic E-state index is -0.542. The van der Waals surface area contributed by atoms with Crippen LogP contribution in [0.5, 0.6) is 5.75 Å². The third-order valence-electron chi connectivity index (χ3n) is 6.28. The molecule has 0 aliphatic carbocycles. The Morgan fingerprint density at radius 3 is 2.83 bits per heavy atom. The number of imidazole rings is 1. The van der Waals surface area contributed by atoms with Crippen LogP contribution in [0, 0.1) is 6.92 Å². The molecular formula is C27H24ClN4O3+. The Labute approximate surface area is 207 Å². The first-order valence-corrected chi connectivity index (χ1v) is 11.8. The molecule has 3 aromatic carbocycles. The quantitative estimate of drug-likeness (QED) is 0.223. The molecule has 4 aromatic rings. The van der Waals surface area contributed by atoms with E-state index >= 15 is 0 Å². The lowest BCUT2D eigenvalue weighted by molar-refractivity contribution is -0.330. The van der Waals surface area contributed by atoms with Gasteiger partial charge in [-0.05, 0) is 72.7 Å². The number of isocyanates is 1. The summed E-state index contributed by atoms with van der Waals surface area (Å²) in [4.78, 5) is 35.2. The topological polar surface area (TPSA) is 78.3 Å². The summed E-state index contributed by atoms with van der Waals surface area (Å²) in [5, 5.41) is 0.719. The number of rotatable bonds is 4. The zero-order valence-electron chi connectivity index (χ0n) is 19.5.